The molecule has 0 amide bonds. The molecule has 1 aliphatic carbocycles. The maximum absolute atomic E-state index is 12.5. The molecule has 1 atom stereocenters. The van der Waals surface area contributed by atoms with E-state index in [2.05, 4.69) is 54.3 Å². The Kier molecular flexibility index (Phi) is 9.63. The number of hydrogen-bond donors (Lipinski definition) is 0. The summed E-state index contributed by atoms with van der Waals surface area (Å²) in [6.45, 7) is 6.29. The normalized spacial score (nSPS) is 19.5. The molecule has 1 saturated carbocycles. The van der Waals surface area contributed by atoms with Crippen LogP contribution in [-0.2, 0) is 0 Å². The molecule has 0 saturated heterocycles. The number of unbranched alkanes of at least 4 members (excludes halogenated alkanes) is 2. The van der Waals surface area contributed by atoms with Crippen LogP contribution < -0.4 is 4.74 Å². The standard InChI is InChI=1S/C28H35IO2/c1-3-5-6-8-21-9-11-22(12-10-21)27(7-4-2)23-13-15-24(16-14-23)28(30)31-26-19-17-25(29)18-20-26/h4,13-22,27H,2-3,5-12H2,1H3. The quantitative estimate of drug-likeness (QED) is 0.101. The van der Waals surface area contributed by atoms with Crippen molar-refractivity contribution in [3.05, 3.63) is 75.9 Å². The van der Waals surface area contributed by atoms with Crippen molar-refractivity contribution >= 4 is 28.6 Å². The summed E-state index contributed by atoms with van der Waals surface area (Å²) in [5.74, 6) is 2.40. The van der Waals surface area contributed by atoms with Crippen LogP contribution in [0.2, 0.25) is 0 Å². The highest BCUT2D eigenvalue weighted by Gasteiger charge is 2.28. The van der Waals surface area contributed by atoms with Gasteiger partial charge in [0, 0.05) is 3.57 Å². The fraction of sp³-hybridized carbons (Fsp3) is 0.464. The number of rotatable bonds is 10. The summed E-state index contributed by atoms with van der Waals surface area (Å²) >= 11 is 2.24. The van der Waals surface area contributed by atoms with Crippen molar-refractivity contribution < 1.29 is 9.53 Å². The van der Waals surface area contributed by atoms with E-state index < -0.39 is 0 Å². The molecule has 3 rings (SSSR count). The van der Waals surface area contributed by atoms with E-state index in [0.29, 0.717) is 23.1 Å². The van der Waals surface area contributed by atoms with Crippen LogP contribution in [0.15, 0.2) is 61.2 Å². The van der Waals surface area contributed by atoms with Gasteiger partial charge in [-0.1, -0.05) is 63.7 Å². The second-order valence-electron chi connectivity index (χ2n) is 8.87. The number of allylic oxidation sites excluding steroid dienone is 1. The number of halogens is 1. The van der Waals surface area contributed by atoms with E-state index in [0.717, 1.165) is 15.9 Å². The van der Waals surface area contributed by atoms with Crippen molar-refractivity contribution in [1.29, 1.82) is 0 Å². The van der Waals surface area contributed by atoms with Crippen molar-refractivity contribution in [3.8, 4) is 5.75 Å². The molecule has 0 N–H and O–H groups in total. The van der Waals surface area contributed by atoms with Gasteiger partial charge in [-0.3, -0.25) is 0 Å². The second kappa shape index (κ2) is 12.4. The summed E-state index contributed by atoms with van der Waals surface area (Å²) in [4.78, 5) is 12.5. The summed E-state index contributed by atoms with van der Waals surface area (Å²) in [7, 11) is 0. The van der Waals surface area contributed by atoms with Gasteiger partial charge in [0.05, 0.1) is 5.56 Å². The van der Waals surface area contributed by atoms with Crippen molar-refractivity contribution in [2.75, 3.05) is 0 Å². The summed E-state index contributed by atoms with van der Waals surface area (Å²) in [6, 6.07) is 15.6. The van der Waals surface area contributed by atoms with Crippen LogP contribution in [0.1, 0.15) is 86.6 Å². The zero-order valence-corrected chi connectivity index (χ0v) is 20.9. The minimum Gasteiger partial charge on any atom is -0.423 e. The van der Waals surface area contributed by atoms with Crippen LogP contribution in [0.25, 0.3) is 0 Å². The predicted octanol–water partition coefficient (Wildman–Crippen LogP) is 8.56. The zero-order chi connectivity index (χ0) is 22.1. The van der Waals surface area contributed by atoms with Crippen molar-refractivity contribution in [2.45, 2.75) is 70.6 Å². The summed E-state index contributed by atoms with van der Waals surface area (Å²) in [5.41, 5.74) is 1.92. The Labute approximate surface area is 201 Å². The molecule has 0 aromatic heterocycles. The summed E-state index contributed by atoms with van der Waals surface area (Å²) in [5, 5.41) is 0. The van der Waals surface area contributed by atoms with Crippen molar-refractivity contribution in [2.24, 2.45) is 11.8 Å². The average molecular weight is 530 g/mol. The number of esters is 1. The fourth-order valence-electron chi connectivity index (χ4n) is 4.88. The van der Waals surface area contributed by atoms with Crippen LogP contribution in [0.4, 0.5) is 0 Å². The first-order valence-corrected chi connectivity index (χ1v) is 12.9. The molecular formula is C28H35IO2. The van der Waals surface area contributed by atoms with Crippen LogP contribution in [0.3, 0.4) is 0 Å². The van der Waals surface area contributed by atoms with Gasteiger partial charge in [0.1, 0.15) is 5.75 Å². The molecule has 1 fully saturated rings. The molecule has 2 nitrogen and oxygen atoms in total. The van der Waals surface area contributed by atoms with Gasteiger partial charge in [-0.2, -0.15) is 0 Å². The first-order valence-electron chi connectivity index (χ1n) is 11.8. The number of hydrogen-bond acceptors (Lipinski definition) is 2. The van der Waals surface area contributed by atoms with Gasteiger partial charge in [-0.25, -0.2) is 4.79 Å². The lowest BCUT2D eigenvalue weighted by atomic mass is 9.71. The lowest BCUT2D eigenvalue weighted by molar-refractivity contribution is 0.0734. The van der Waals surface area contributed by atoms with E-state index >= 15 is 0 Å². The van der Waals surface area contributed by atoms with Crippen LogP contribution in [-0.4, -0.2) is 5.97 Å². The smallest absolute Gasteiger partial charge is 0.343 e. The molecule has 3 heteroatoms. The maximum atomic E-state index is 12.5. The Bertz CT molecular complexity index is 817. The number of ether oxygens (including phenoxy) is 1. The van der Waals surface area contributed by atoms with Gasteiger partial charge in [0.25, 0.3) is 0 Å². The Balaban J connectivity index is 1.59. The van der Waals surface area contributed by atoms with E-state index in [1.54, 1.807) is 0 Å². The molecule has 0 aliphatic heterocycles. The van der Waals surface area contributed by atoms with E-state index in [4.69, 9.17) is 4.74 Å². The second-order valence-corrected chi connectivity index (χ2v) is 10.1. The maximum Gasteiger partial charge on any atom is 0.343 e. The first-order chi connectivity index (χ1) is 15.1. The Morgan fingerprint density at radius 3 is 2.35 bits per heavy atom. The lowest BCUT2D eigenvalue weighted by Crippen LogP contribution is -2.20. The third kappa shape index (κ3) is 7.20. The lowest BCUT2D eigenvalue weighted by Gasteiger charge is -2.34. The molecule has 0 bridgehead atoms. The van der Waals surface area contributed by atoms with Crippen LogP contribution in [0, 0.1) is 15.4 Å². The van der Waals surface area contributed by atoms with E-state index in [-0.39, 0.29) is 5.97 Å². The zero-order valence-electron chi connectivity index (χ0n) is 18.7. The van der Waals surface area contributed by atoms with Crippen molar-refractivity contribution in [1.82, 2.24) is 0 Å². The Hall–Kier alpha value is -1.62. The van der Waals surface area contributed by atoms with Crippen LogP contribution in [0.5, 0.6) is 5.75 Å². The Morgan fingerprint density at radius 2 is 1.74 bits per heavy atom. The SMILES string of the molecule is C=CCC(c1ccc(C(=O)Oc2ccc(I)cc2)cc1)C1CCC(CCCCC)CC1. The average Bonchev–Trinajstić information content (AvgIpc) is 2.80. The van der Waals surface area contributed by atoms with E-state index in [1.165, 1.54) is 56.9 Å². The Morgan fingerprint density at radius 1 is 1.06 bits per heavy atom. The largest absolute Gasteiger partial charge is 0.423 e. The number of carbonyl (C=O) groups is 1. The third-order valence-corrected chi connectivity index (χ3v) is 7.41. The van der Waals surface area contributed by atoms with Gasteiger partial charge >= 0.3 is 5.97 Å². The molecule has 31 heavy (non-hydrogen) atoms. The summed E-state index contributed by atoms with van der Waals surface area (Å²) in [6.07, 6.45) is 13.9. The highest BCUT2D eigenvalue weighted by Crippen LogP contribution is 2.41. The predicted molar refractivity (Wildman–Crippen MR) is 138 cm³/mol. The third-order valence-electron chi connectivity index (χ3n) is 6.70. The van der Waals surface area contributed by atoms with Gasteiger partial charge in [0.2, 0.25) is 0 Å². The monoisotopic (exact) mass is 530 g/mol. The summed E-state index contributed by atoms with van der Waals surface area (Å²) < 4.78 is 6.63. The molecule has 0 spiro atoms. The van der Waals surface area contributed by atoms with E-state index in [1.807, 2.05) is 36.4 Å². The molecule has 166 valence electrons. The molecule has 1 unspecified atom stereocenters. The number of benzene rings is 2. The minimum atomic E-state index is -0.305. The van der Waals surface area contributed by atoms with E-state index in [9.17, 15) is 4.79 Å². The van der Waals surface area contributed by atoms with Crippen molar-refractivity contribution in [3.63, 3.8) is 0 Å². The molecule has 1 aliphatic rings. The fourth-order valence-corrected chi connectivity index (χ4v) is 5.24. The highest BCUT2D eigenvalue weighted by atomic mass is 127. The molecular weight excluding hydrogens is 495 g/mol. The topological polar surface area (TPSA) is 26.3 Å². The molecule has 0 heterocycles. The van der Waals surface area contributed by atoms with Gasteiger partial charge in [0.15, 0.2) is 0 Å². The van der Waals surface area contributed by atoms with Gasteiger partial charge in [-0.15, -0.1) is 6.58 Å². The van der Waals surface area contributed by atoms with Gasteiger partial charge in [-0.05, 0) is 102 Å². The highest BCUT2D eigenvalue weighted by molar-refractivity contribution is 14.1. The first kappa shape index (κ1) is 24.0. The van der Waals surface area contributed by atoms with Gasteiger partial charge < -0.3 is 4.74 Å². The molecule has 2 aromatic carbocycles. The number of carbonyl (C=O) groups excluding carboxylic acids is 1. The molecule has 0 radical (unpaired) electrons. The molecule has 2 aromatic rings. The minimum absolute atomic E-state index is 0.305. The van der Waals surface area contributed by atoms with Crippen LogP contribution >= 0.6 is 22.6 Å².